The summed E-state index contributed by atoms with van der Waals surface area (Å²) < 4.78 is 10.6. The van der Waals surface area contributed by atoms with Gasteiger partial charge in [0.2, 0.25) is 5.89 Å². The van der Waals surface area contributed by atoms with Crippen molar-refractivity contribution in [3.63, 3.8) is 0 Å². The molecule has 2 rings (SSSR count). The zero-order chi connectivity index (χ0) is 16.7. The van der Waals surface area contributed by atoms with Crippen molar-refractivity contribution in [2.24, 2.45) is 0 Å². The van der Waals surface area contributed by atoms with Crippen LogP contribution in [0.3, 0.4) is 0 Å². The maximum Gasteiger partial charge on any atom is 0.314 e. The number of ether oxygens (including phenoxy) is 1. The Morgan fingerprint density at radius 1 is 1.43 bits per heavy atom. The Bertz CT molecular complexity index is 647. The summed E-state index contributed by atoms with van der Waals surface area (Å²) in [7, 11) is 0. The quantitative estimate of drug-likeness (QED) is 0.808. The lowest BCUT2D eigenvalue weighted by Gasteiger charge is -2.15. The van der Waals surface area contributed by atoms with Crippen molar-refractivity contribution < 1.29 is 14.1 Å². The van der Waals surface area contributed by atoms with Gasteiger partial charge in [0, 0.05) is 18.0 Å². The summed E-state index contributed by atoms with van der Waals surface area (Å²) in [5.41, 5.74) is 0. The Balaban J connectivity index is 1.63. The van der Waals surface area contributed by atoms with Gasteiger partial charge in [-0.2, -0.15) is 4.98 Å². The van der Waals surface area contributed by atoms with E-state index in [1.54, 1.807) is 19.1 Å². The van der Waals surface area contributed by atoms with Gasteiger partial charge in [-0.15, -0.1) is 0 Å². The number of aryl methyl sites for hydroxylation is 1. The van der Waals surface area contributed by atoms with Crippen LogP contribution >= 0.6 is 11.6 Å². The zero-order valence-electron chi connectivity index (χ0n) is 13.0. The first-order chi connectivity index (χ1) is 11.0. The van der Waals surface area contributed by atoms with E-state index in [0.717, 1.165) is 0 Å². The molecule has 0 saturated heterocycles. The lowest BCUT2D eigenvalue weighted by Crippen LogP contribution is -2.41. The van der Waals surface area contributed by atoms with Gasteiger partial charge in [0.15, 0.2) is 5.82 Å². The summed E-state index contributed by atoms with van der Waals surface area (Å²) in [5, 5.41) is 9.74. The molecule has 0 radical (unpaired) electrons. The second-order valence-corrected chi connectivity index (χ2v) is 5.44. The smallest absolute Gasteiger partial charge is 0.314 e. The maximum absolute atomic E-state index is 11.7. The van der Waals surface area contributed by atoms with Crippen molar-refractivity contribution in [1.82, 2.24) is 20.8 Å². The molecule has 2 amide bonds. The molecule has 7 nitrogen and oxygen atoms in total. The molecular formula is C15H19ClN4O3. The van der Waals surface area contributed by atoms with Crippen molar-refractivity contribution in [2.45, 2.75) is 26.4 Å². The number of urea groups is 1. The van der Waals surface area contributed by atoms with Gasteiger partial charge in [-0.25, -0.2) is 4.79 Å². The van der Waals surface area contributed by atoms with Crippen molar-refractivity contribution in [2.75, 3.05) is 13.1 Å². The third-order valence-electron chi connectivity index (χ3n) is 2.88. The van der Waals surface area contributed by atoms with E-state index in [2.05, 4.69) is 20.8 Å². The minimum Gasteiger partial charge on any atom is -0.489 e. The number of aromatic nitrogens is 2. The van der Waals surface area contributed by atoms with Crippen molar-refractivity contribution >= 4 is 17.6 Å². The van der Waals surface area contributed by atoms with Crippen molar-refractivity contribution in [1.29, 1.82) is 0 Å². The predicted octanol–water partition coefficient (Wildman–Crippen LogP) is 2.34. The van der Waals surface area contributed by atoms with E-state index in [-0.39, 0.29) is 12.1 Å². The molecule has 0 bridgehead atoms. The van der Waals surface area contributed by atoms with Gasteiger partial charge in [-0.3, -0.25) is 0 Å². The Labute approximate surface area is 139 Å². The minimum absolute atomic E-state index is 0.183. The molecule has 1 atom stereocenters. The van der Waals surface area contributed by atoms with E-state index in [4.69, 9.17) is 20.9 Å². The third-order valence-corrected chi connectivity index (χ3v) is 3.11. The van der Waals surface area contributed by atoms with Gasteiger partial charge < -0.3 is 19.9 Å². The first-order valence-electron chi connectivity index (χ1n) is 7.26. The van der Waals surface area contributed by atoms with E-state index < -0.39 is 0 Å². The second kappa shape index (κ2) is 8.38. The highest BCUT2D eigenvalue weighted by molar-refractivity contribution is 6.30. The minimum atomic E-state index is -0.275. The van der Waals surface area contributed by atoms with Crippen molar-refractivity contribution in [3.05, 3.63) is 41.0 Å². The topological polar surface area (TPSA) is 89.3 Å². The standard InChI is InChI=1S/C15H19ClN4O3/c1-10(22-13-5-3-4-12(16)8-13)9-18-15(21)17-7-6-14-19-11(2)20-23-14/h3-5,8,10H,6-7,9H2,1-2H3,(H2,17,18,21)/t10-/m0/s1. The Hall–Kier alpha value is -2.28. The molecule has 1 heterocycles. The first kappa shape index (κ1) is 17.1. The van der Waals surface area contributed by atoms with Gasteiger partial charge in [-0.05, 0) is 32.0 Å². The van der Waals surface area contributed by atoms with Crippen LogP contribution in [0.5, 0.6) is 5.75 Å². The van der Waals surface area contributed by atoms with Gasteiger partial charge in [0.1, 0.15) is 11.9 Å². The van der Waals surface area contributed by atoms with Gasteiger partial charge in [-0.1, -0.05) is 22.8 Å². The van der Waals surface area contributed by atoms with E-state index in [9.17, 15) is 4.79 Å². The number of carbonyl (C=O) groups is 1. The van der Waals surface area contributed by atoms with Crippen LogP contribution in [0.1, 0.15) is 18.6 Å². The van der Waals surface area contributed by atoms with E-state index in [1.807, 2.05) is 19.1 Å². The molecular weight excluding hydrogens is 320 g/mol. The summed E-state index contributed by atoms with van der Waals surface area (Å²) in [4.78, 5) is 15.7. The van der Waals surface area contributed by atoms with Crippen LogP contribution in [0.4, 0.5) is 4.79 Å². The largest absolute Gasteiger partial charge is 0.489 e. The van der Waals surface area contributed by atoms with Crippen LogP contribution in [0.2, 0.25) is 5.02 Å². The Morgan fingerprint density at radius 3 is 2.96 bits per heavy atom. The van der Waals surface area contributed by atoms with Gasteiger partial charge in [0.25, 0.3) is 0 Å². The fourth-order valence-corrected chi connectivity index (χ4v) is 2.02. The highest BCUT2D eigenvalue weighted by Gasteiger charge is 2.08. The van der Waals surface area contributed by atoms with Crippen molar-refractivity contribution in [3.8, 4) is 5.75 Å². The molecule has 0 saturated carbocycles. The number of carbonyl (C=O) groups excluding carboxylic acids is 1. The summed E-state index contributed by atoms with van der Waals surface area (Å²) in [6.45, 7) is 4.39. The number of hydrogen-bond acceptors (Lipinski definition) is 5. The number of benzene rings is 1. The maximum atomic E-state index is 11.7. The van der Waals surface area contributed by atoms with E-state index in [0.29, 0.717) is 42.0 Å². The van der Waals surface area contributed by atoms with E-state index in [1.165, 1.54) is 0 Å². The normalized spacial score (nSPS) is 11.8. The molecule has 2 aromatic rings. The highest BCUT2D eigenvalue weighted by Crippen LogP contribution is 2.18. The number of nitrogens with one attached hydrogen (secondary N) is 2. The molecule has 1 aromatic carbocycles. The molecule has 0 aliphatic rings. The van der Waals surface area contributed by atoms with Gasteiger partial charge in [0.05, 0.1) is 6.54 Å². The average Bonchev–Trinajstić information content (AvgIpc) is 2.91. The van der Waals surface area contributed by atoms with Crippen LogP contribution < -0.4 is 15.4 Å². The summed E-state index contributed by atoms with van der Waals surface area (Å²) in [6, 6.07) is 6.85. The summed E-state index contributed by atoms with van der Waals surface area (Å²) in [5.74, 6) is 1.75. The lowest BCUT2D eigenvalue weighted by atomic mass is 10.3. The number of rotatable bonds is 7. The average molecular weight is 339 g/mol. The fourth-order valence-electron chi connectivity index (χ4n) is 1.84. The number of halogens is 1. The summed E-state index contributed by atoms with van der Waals surface area (Å²) in [6.07, 6.45) is 0.306. The lowest BCUT2D eigenvalue weighted by molar-refractivity contribution is 0.207. The molecule has 2 N–H and O–H groups in total. The molecule has 0 fully saturated rings. The number of nitrogens with zero attached hydrogens (tertiary/aromatic N) is 2. The van der Waals surface area contributed by atoms with Crippen LogP contribution in [0.15, 0.2) is 28.8 Å². The molecule has 0 aliphatic heterocycles. The molecule has 0 aliphatic carbocycles. The van der Waals surface area contributed by atoms with E-state index >= 15 is 0 Å². The highest BCUT2D eigenvalue weighted by atomic mass is 35.5. The molecule has 8 heteroatoms. The second-order valence-electron chi connectivity index (χ2n) is 5.01. The third kappa shape index (κ3) is 6.15. The summed E-state index contributed by atoms with van der Waals surface area (Å²) >= 11 is 5.89. The number of hydrogen-bond donors (Lipinski definition) is 2. The monoisotopic (exact) mass is 338 g/mol. The van der Waals surface area contributed by atoms with Gasteiger partial charge >= 0.3 is 6.03 Å². The van der Waals surface area contributed by atoms with Crippen LogP contribution in [-0.2, 0) is 6.42 Å². The first-order valence-corrected chi connectivity index (χ1v) is 7.64. The SMILES string of the molecule is Cc1noc(CCNC(=O)NC[C@H](C)Oc2cccc(Cl)c2)n1. The molecule has 1 aromatic heterocycles. The molecule has 0 unspecified atom stereocenters. The molecule has 124 valence electrons. The van der Waals surface area contributed by atoms with Crippen LogP contribution in [-0.4, -0.2) is 35.4 Å². The number of amides is 2. The molecule has 23 heavy (non-hydrogen) atoms. The Morgan fingerprint density at radius 2 is 2.26 bits per heavy atom. The fraction of sp³-hybridized carbons (Fsp3) is 0.400. The Kier molecular flexibility index (Phi) is 6.22. The van der Waals surface area contributed by atoms with Crippen LogP contribution in [0.25, 0.3) is 0 Å². The zero-order valence-corrected chi connectivity index (χ0v) is 13.8. The van der Waals surface area contributed by atoms with Crippen LogP contribution in [0, 0.1) is 6.92 Å². The predicted molar refractivity (Wildman–Crippen MR) is 85.7 cm³/mol. The molecule has 0 spiro atoms.